The molecule has 1 N–H and O–H groups in total. The Morgan fingerprint density at radius 2 is 2.42 bits per heavy atom. The number of pyridine rings is 1. The van der Waals surface area contributed by atoms with Gasteiger partial charge in [0.2, 0.25) is 0 Å². The molecule has 12 heavy (non-hydrogen) atoms. The lowest BCUT2D eigenvalue weighted by Crippen LogP contribution is -1.87. The Labute approximate surface area is 68.9 Å². The van der Waals surface area contributed by atoms with E-state index in [4.69, 9.17) is 5.26 Å². The Balaban J connectivity index is 2.86. The SMILES string of the molecule is Cc1nc(C#N)cc2[nH]cnc12. The summed E-state index contributed by atoms with van der Waals surface area (Å²) in [4.78, 5) is 11.0. The number of hydrogen-bond acceptors (Lipinski definition) is 3. The minimum atomic E-state index is 0.421. The first-order chi connectivity index (χ1) is 5.81. The predicted octanol–water partition coefficient (Wildman–Crippen LogP) is 1.14. The topological polar surface area (TPSA) is 65.4 Å². The van der Waals surface area contributed by atoms with Gasteiger partial charge in [-0.2, -0.15) is 5.26 Å². The summed E-state index contributed by atoms with van der Waals surface area (Å²) in [6.07, 6.45) is 1.60. The van der Waals surface area contributed by atoms with Crippen LogP contribution in [0.15, 0.2) is 12.4 Å². The Morgan fingerprint density at radius 3 is 3.17 bits per heavy atom. The van der Waals surface area contributed by atoms with Gasteiger partial charge in [0.25, 0.3) is 0 Å². The number of H-pyrrole nitrogens is 1. The lowest BCUT2D eigenvalue weighted by molar-refractivity contribution is 1.18. The van der Waals surface area contributed by atoms with Crippen molar-refractivity contribution in [1.29, 1.82) is 5.26 Å². The van der Waals surface area contributed by atoms with Crippen molar-refractivity contribution < 1.29 is 0 Å². The zero-order chi connectivity index (χ0) is 8.55. The minimum Gasteiger partial charge on any atom is -0.344 e. The molecule has 2 aromatic heterocycles. The number of aryl methyl sites for hydroxylation is 1. The highest BCUT2D eigenvalue weighted by atomic mass is 14.9. The largest absolute Gasteiger partial charge is 0.344 e. The molecule has 0 radical (unpaired) electrons. The maximum Gasteiger partial charge on any atom is 0.142 e. The van der Waals surface area contributed by atoms with Gasteiger partial charge >= 0.3 is 0 Å². The second-order valence-corrected chi connectivity index (χ2v) is 2.50. The van der Waals surface area contributed by atoms with Crippen molar-refractivity contribution in [3.63, 3.8) is 0 Å². The molecule has 2 rings (SSSR count). The van der Waals surface area contributed by atoms with Crippen molar-refractivity contribution in [1.82, 2.24) is 15.0 Å². The highest BCUT2D eigenvalue weighted by Gasteiger charge is 2.02. The van der Waals surface area contributed by atoms with Crippen molar-refractivity contribution >= 4 is 11.0 Å². The molecule has 0 saturated carbocycles. The van der Waals surface area contributed by atoms with Crippen molar-refractivity contribution in [2.45, 2.75) is 6.92 Å². The number of nitriles is 1. The molecule has 0 fully saturated rings. The monoisotopic (exact) mass is 158 g/mol. The summed E-state index contributed by atoms with van der Waals surface area (Å²) < 4.78 is 0. The molecule has 0 unspecified atom stereocenters. The first-order valence-electron chi connectivity index (χ1n) is 3.52. The van der Waals surface area contributed by atoms with Gasteiger partial charge in [0.15, 0.2) is 0 Å². The molecule has 0 atom stereocenters. The summed E-state index contributed by atoms with van der Waals surface area (Å²) in [7, 11) is 0. The van der Waals surface area contributed by atoms with E-state index in [0.717, 1.165) is 16.7 Å². The summed E-state index contributed by atoms with van der Waals surface area (Å²) in [5, 5.41) is 8.61. The third kappa shape index (κ3) is 0.839. The number of aromatic nitrogens is 3. The molecule has 0 spiro atoms. The highest BCUT2D eigenvalue weighted by Crippen LogP contribution is 2.12. The molecule has 0 aromatic carbocycles. The van der Waals surface area contributed by atoms with Crippen molar-refractivity contribution in [2.75, 3.05) is 0 Å². The van der Waals surface area contributed by atoms with Gasteiger partial charge < -0.3 is 4.98 Å². The van der Waals surface area contributed by atoms with Crippen molar-refractivity contribution in [3.05, 3.63) is 23.8 Å². The Hall–Kier alpha value is -1.89. The quantitative estimate of drug-likeness (QED) is 0.625. The molecule has 0 aliphatic heterocycles. The van der Waals surface area contributed by atoms with E-state index in [2.05, 4.69) is 15.0 Å². The summed E-state index contributed by atoms with van der Waals surface area (Å²) in [5.41, 5.74) is 2.89. The number of nitrogens with zero attached hydrogens (tertiary/aromatic N) is 3. The van der Waals surface area contributed by atoms with E-state index < -0.39 is 0 Å². The van der Waals surface area contributed by atoms with Gasteiger partial charge in [-0.25, -0.2) is 9.97 Å². The standard InChI is InChI=1S/C8H6N4/c1-5-8-7(10-4-11-8)2-6(3-9)12-5/h2,4H,1H3,(H,10,11). The minimum absolute atomic E-state index is 0.421. The molecule has 58 valence electrons. The maximum absolute atomic E-state index is 8.61. The number of rotatable bonds is 0. The van der Waals surface area contributed by atoms with Crippen LogP contribution in [0.5, 0.6) is 0 Å². The smallest absolute Gasteiger partial charge is 0.142 e. The van der Waals surface area contributed by atoms with E-state index in [9.17, 15) is 0 Å². The lowest BCUT2D eigenvalue weighted by Gasteiger charge is -1.93. The van der Waals surface area contributed by atoms with Gasteiger partial charge in [-0.15, -0.1) is 0 Å². The van der Waals surface area contributed by atoms with Gasteiger partial charge in [0.1, 0.15) is 17.3 Å². The molecule has 0 aliphatic rings. The van der Waals surface area contributed by atoms with E-state index in [0.29, 0.717) is 5.69 Å². The number of hydrogen-bond donors (Lipinski definition) is 1. The van der Waals surface area contributed by atoms with E-state index in [1.807, 2.05) is 13.0 Å². The maximum atomic E-state index is 8.61. The lowest BCUT2D eigenvalue weighted by atomic mass is 10.3. The molecule has 2 aromatic rings. The molecule has 4 nitrogen and oxygen atoms in total. The first kappa shape index (κ1) is 6.80. The van der Waals surface area contributed by atoms with Gasteiger partial charge in [-0.3, -0.25) is 0 Å². The molecule has 0 aliphatic carbocycles. The average molecular weight is 158 g/mol. The number of aromatic amines is 1. The van der Waals surface area contributed by atoms with Crippen molar-refractivity contribution in [3.8, 4) is 6.07 Å². The summed E-state index contributed by atoms with van der Waals surface area (Å²) in [6, 6.07) is 3.68. The van der Waals surface area contributed by atoms with Gasteiger partial charge in [0.05, 0.1) is 17.5 Å². The molecule has 2 heterocycles. The highest BCUT2D eigenvalue weighted by molar-refractivity contribution is 5.77. The third-order valence-corrected chi connectivity index (χ3v) is 1.70. The second-order valence-electron chi connectivity index (χ2n) is 2.50. The Kier molecular flexibility index (Phi) is 1.31. The summed E-state index contributed by atoms with van der Waals surface area (Å²) >= 11 is 0. The van der Waals surface area contributed by atoms with E-state index in [1.165, 1.54) is 0 Å². The number of nitrogens with one attached hydrogen (secondary N) is 1. The molecule has 0 amide bonds. The third-order valence-electron chi connectivity index (χ3n) is 1.70. The van der Waals surface area contributed by atoms with Crippen LogP contribution in [0.3, 0.4) is 0 Å². The Morgan fingerprint density at radius 1 is 1.58 bits per heavy atom. The fourth-order valence-corrected chi connectivity index (χ4v) is 1.16. The van der Waals surface area contributed by atoms with Gasteiger partial charge in [-0.05, 0) is 6.92 Å². The van der Waals surface area contributed by atoms with Crippen LogP contribution in [-0.2, 0) is 0 Å². The van der Waals surface area contributed by atoms with E-state index in [-0.39, 0.29) is 0 Å². The van der Waals surface area contributed by atoms with Crippen LogP contribution < -0.4 is 0 Å². The fraction of sp³-hybridized carbons (Fsp3) is 0.125. The van der Waals surface area contributed by atoms with Crippen LogP contribution >= 0.6 is 0 Å². The van der Waals surface area contributed by atoms with E-state index >= 15 is 0 Å². The van der Waals surface area contributed by atoms with Crippen LogP contribution in [0.1, 0.15) is 11.4 Å². The van der Waals surface area contributed by atoms with Crippen LogP contribution in [0, 0.1) is 18.3 Å². The van der Waals surface area contributed by atoms with Crippen LogP contribution in [0.4, 0.5) is 0 Å². The fourth-order valence-electron chi connectivity index (χ4n) is 1.16. The zero-order valence-electron chi connectivity index (χ0n) is 6.50. The van der Waals surface area contributed by atoms with Gasteiger partial charge in [0, 0.05) is 6.07 Å². The van der Waals surface area contributed by atoms with E-state index in [1.54, 1.807) is 12.4 Å². The second kappa shape index (κ2) is 2.31. The van der Waals surface area contributed by atoms with Crippen molar-refractivity contribution in [2.24, 2.45) is 0 Å². The molecular formula is C8H6N4. The normalized spacial score (nSPS) is 10.0. The molecule has 0 saturated heterocycles. The van der Waals surface area contributed by atoms with Crippen LogP contribution in [0.25, 0.3) is 11.0 Å². The summed E-state index contributed by atoms with van der Waals surface area (Å²) in [5.74, 6) is 0. The Bertz CT molecular complexity index is 463. The molecular weight excluding hydrogens is 152 g/mol. The first-order valence-corrected chi connectivity index (χ1v) is 3.52. The predicted molar refractivity (Wildman–Crippen MR) is 43.3 cm³/mol. The summed E-state index contributed by atoms with van der Waals surface area (Å²) in [6.45, 7) is 1.84. The average Bonchev–Trinajstić information content (AvgIpc) is 2.52. The van der Waals surface area contributed by atoms with Gasteiger partial charge in [-0.1, -0.05) is 0 Å². The molecule has 0 bridgehead atoms. The zero-order valence-corrected chi connectivity index (χ0v) is 6.50. The van der Waals surface area contributed by atoms with Crippen LogP contribution in [-0.4, -0.2) is 15.0 Å². The number of imidazole rings is 1. The molecule has 4 heteroatoms. The number of fused-ring (bicyclic) bond motifs is 1. The van der Waals surface area contributed by atoms with Crippen LogP contribution in [0.2, 0.25) is 0 Å².